The molecule has 0 radical (unpaired) electrons. The fourth-order valence-electron chi connectivity index (χ4n) is 8.51. The minimum atomic E-state index is -0.0693. The molecule has 3 aliphatic rings. The van der Waals surface area contributed by atoms with Gasteiger partial charge >= 0.3 is 0 Å². The number of hydrogen-bond acceptors (Lipinski definition) is 8. The summed E-state index contributed by atoms with van der Waals surface area (Å²) in [6, 6.07) is 20.5. The van der Waals surface area contributed by atoms with Gasteiger partial charge in [-0.1, -0.05) is 48.4 Å². The molecule has 1 saturated carbocycles. The second-order valence-corrected chi connectivity index (χ2v) is 16.0. The predicted octanol–water partition coefficient (Wildman–Crippen LogP) is 9.04. The summed E-state index contributed by atoms with van der Waals surface area (Å²) in [5.74, 6) is 2.22. The zero-order valence-corrected chi connectivity index (χ0v) is 32.5. The summed E-state index contributed by atoms with van der Waals surface area (Å²) >= 11 is 6.90. The minimum absolute atomic E-state index is 0.0693. The highest BCUT2D eigenvalue weighted by atomic mass is 35.5. The van der Waals surface area contributed by atoms with Gasteiger partial charge < -0.3 is 24.2 Å². The van der Waals surface area contributed by atoms with E-state index in [1.54, 1.807) is 18.5 Å². The maximum Gasteiger partial charge on any atom is 0.142 e. The second-order valence-electron chi connectivity index (χ2n) is 15.6. The first-order valence-electron chi connectivity index (χ1n) is 19.7. The van der Waals surface area contributed by atoms with Gasteiger partial charge in [0.1, 0.15) is 36.5 Å². The number of hydrogen-bond donors (Lipinski definition) is 1. The van der Waals surface area contributed by atoms with Crippen LogP contribution in [0.3, 0.4) is 0 Å². The molecular weight excluding hydrogens is 696 g/mol. The van der Waals surface area contributed by atoms with E-state index >= 15 is 0 Å². The molecule has 2 saturated heterocycles. The van der Waals surface area contributed by atoms with Crippen molar-refractivity contribution in [1.29, 1.82) is 5.26 Å². The van der Waals surface area contributed by atoms with Crippen LogP contribution in [0.5, 0.6) is 17.2 Å². The molecule has 1 aliphatic carbocycles. The van der Waals surface area contributed by atoms with Crippen LogP contribution in [0.25, 0.3) is 11.1 Å². The van der Waals surface area contributed by atoms with Crippen LogP contribution in [-0.2, 0) is 19.8 Å². The number of benzene rings is 3. The maximum absolute atomic E-state index is 9.79. The third-order valence-electron chi connectivity index (χ3n) is 11.8. The van der Waals surface area contributed by atoms with Crippen molar-refractivity contribution in [3.05, 3.63) is 105 Å². The van der Waals surface area contributed by atoms with Crippen molar-refractivity contribution in [2.45, 2.75) is 91.1 Å². The average molecular weight is 749 g/mol. The lowest BCUT2D eigenvalue weighted by molar-refractivity contribution is -0.0681. The van der Waals surface area contributed by atoms with E-state index in [2.05, 4.69) is 71.1 Å². The Bertz CT molecular complexity index is 1940. The first-order chi connectivity index (χ1) is 26.3. The molecule has 0 unspecified atom stereocenters. The van der Waals surface area contributed by atoms with Gasteiger partial charge in [0.15, 0.2) is 0 Å². The number of aliphatic hydroxyl groups is 1. The molecule has 3 fully saturated rings. The molecule has 3 aromatic carbocycles. The maximum atomic E-state index is 9.79. The number of nitriles is 1. The van der Waals surface area contributed by atoms with E-state index < -0.39 is 0 Å². The molecule has 0 bridgehead atoms. The Labute approximate surface area is 325 Å². The van der Waals surface area contributed by atoms with E-state index in [9.17, 15) is 10.4 Å². The van der Waals surface area contributed by atoms with Crippen LogP contribution < -0.4 is 14.2 Å². The van der Waals surface area contributed by atoms with E-state index in [0.717, 1.165) is 109 Å². The van der Waals surface area contributed by atoms with Crippen molar-refractivity contribution in [3.8, 4) is 34.4 Å². The smallest absolute Gasteiger partial charge is 0.142 e. The average Bonchev–Trinajstić information content (AvgIpc) is 3.17. The number of aliphatic hydroxyl groups excluding tert-OH is 1. The van der Waals surface area contributed by atoms with Gasteiger partial charge in [-0.3, -0.25) is 9.88 Å². The molecule has 0 amide bonds. The molecule has 9 heteroatoms. The van der Waals surface area contributed by atoms with E-state index in [1.165, 1.54) is 32.1 Å². The van der Waals surface area contributed by atoms with Crippen molar-refractivity contribution in [3.63, 3.8) is 0 Å². The Morgan fingerprint density at radius 2 is 1.56 bits per heavy atom. The van der Waals surface area contributed by atoms with Gasteiger partial charge in [0, 0.05) is 42.7 Å². The summed E-state index contributed by atoms with van der Waals surface area (Å²) in [6.45, 7) is 11.8. The molecule has 1 N–H and O–H groups in total. The second kappa shape index (κ2) is 17.6. The first kappa shape index (κ1) is 38.2. The van der Waals surface area contributed by atoms with E-state index in [-0.39, 0.29) is 12.7 Å². The third kappa shape index (κ3) is 9.21. The zero-order valence-electron chi connectivity index (χ0n) is 31.8. The monoisotopic (exact) mass is 748 g/mol. The molecule has 54 heavy (non-hydrogen) atoms. The van der Waals surface area contributed by atoms with Crippen molar-refractivity contribution >= 4 is 11.6 Å². The normalized spacial score (nSPS) is 17.5. The lowest BCUT2D eigenvalue weighted by Crippen LogP contribution is -2.49. The highest BCUT2D eigenvalue weighted by Crippen LogP contribution is 2.49. The fraction of sp³-hybridized carbons (Fsp3) is 0.467. The Morgan fingerprint density at radius 1 is 0.815 bits per heavy atom. The molecule has 1 spiro atoms. The van der Waals surface area contributed by atoms with E-state index in [4.69, 9.17) is 25.8 Å². The molecular formula is C45H53ClN4O4. The lowest BCUT2D eigenvalue weighted by atomic mass is 9.61. The summed E-state index contributed by atoms with van der Waals surface area (Å²) < 4.78 is 19.2. The van der Waals surface area contributed by atoms with Crippen LogP contribution in [0.15, 0.2) is 67.0 Å². The highest BCUT2D eigenvalue weighted by molar-refractivity contribution is 6.32. The van der Waals surface area contributed by atoms with Crippen LogP contribution >= 0.6 is 11.6 Å². The van der Waals surface area contributed by atoms with Crippen LogP contribution in [0.4, 0.5) is 0 Å². The Kier molecular flexibility index (Phi) is 12.4. The van der Waals surface area contributed by atoms with Gasteiger partial charge in [0.2, 0.25) is 0 Å². The Balaban J connectivity index is 1.00. The summed E-state index contributed by atoms with van der Waals surface area (Å²) in [6.07, 6.45) is 12.3. The molecule has 3 heterocycles. The van der Waals surface area contributed by atoms with Crippen molar-refractivity contribution in [2.75, 3.05) is 39.3 Å². The number of rotatable bonds is 14. The Morgan fingerprint density at radius 3 is 2.31 bits per heavy atom. The van der Waals surface area contributed by atoms with Crippen LogP contribution in [0.1, 0.15) is 84.7 Å². The zero-order chi connectivity index (χ0) is 37.5. The summed E-state index contributed by atoms with van der Waals surface area (Å²) in [7, 11) is 0. The van der Waals surface area contributed by atoms with Gasteiger partial charge in [-0.15, -0.1) is 0 Å². The first-order valence-corrected chi connectivity index (χ1v) is 20.0. The van der Waals surface area contributed by atoms with Gasteiger partial charge in [-0.25, -0.2) is 0 Å². The number of nitrogens with zero attached hydrogens (tertiary/aromatic N) is 4. The highest BCUT2D eigenvalue weighted by Gasteiger charge is 2.44. The van der Waals surface area contributed by atoms with E-state index in [0.29, 0.717) is 35.0 Å². The fourth-order valence-corrected chi connectivity index (χ4v) is 8.75. The molecule has 0 atom stereocenters. The number of likely N-dealkylation sites (tertiary alicyclic amines) is 2. The third-order valence-corrected chi connectivity index (χ3v) is 12.1. The summed E-state index contributed by atoms with van der Waals surface area (Å²) in [5.41, 5.74) is 8.44. The minimum Gasteiger partial charge on any atom is -0.493 e. The van der Waals surface area contributed by atoms with Crippen LogP contribution in [0, 0.1) is 30.6 Å². The van der Waals surface area contributed by atoms with E-state index in [1.807, 2.05) is 12.1 Å². The SMILES string of the molecule is Cc1c(COc2cc(OCc3cncc(C#N)c3)c(CN3CCCCC3)cc2Cl)cccc1-c1cccc(OCCCN2CCC3(CC2)CC(O)C3)c1C. The van der Waals surface area contributed by atoms with Gasteiger partial charge in [-0.2, -0.15) is 5.26 Å². The molecule has 7 rings (SSSR count). The molecule has 4 aromatic rings. The molecule has 8 nitrogen and oxygen atoms in total. The standard InChI is InChI=1S/C45H53ClN4O4/c1-32-36(9-6-10-39(32)40-11-7-12-42(33(40)2)52-20-8-17-49-18-13-45(14-19-49)24-38(51)25-45)31-54-44-23-43(53-30-35-21-34(26-47)27-48-28-35)37(22-41(44)46)29-50-15-4-3-5-16-50/h6-7,9-12,21-23,27-28,38,51H,3-5,8,13-20,24-25,29-31H2,1-2H3. The molecule has 1 aromatic heterocycles. The Hall–Kier alpha value is -4.13. The number of piperidine rings is 2. The van der Waals surface area contributed by atoms with Crippen LogP contribution in [-0.4, -0.2) is 65.3 Å². The molecule has 2 aliphatic heterocycles. The van der Waals surface area contributed by atoms with Gasteiger partial charge in [0.25, 0.3) is 0 Å². The number of pyridine rings is 1. The van der Waals surface area contributed by atoms with Crippen molar-refractivity contribution in [1.82, 2.24) is 14.8 Å². The predicted molar refractivity (Wildman–Crippen MR) is 213 cm³/mol. The quantitative estimate of drug-likeness (QED) is 0.128. The number of aromatic nitrogens is 1. The largest absolute Gasteiger partial charge is 0.493 e. The number of ether oxygens (including phenoxy) is 3. The van der Waals surface area contributed by atoms with Crippen LogP contribution in [0.2, 0.25) is 5.02 Å². The summed E-state index contributed by atoms with van der Waals surface area (Å²) in [4.78, 5) is 9.20. The van der Waals surface area contributed by atoms with Crippen molar-refractivity contribution in [2.24, 2.45) is 5.41 Å². The van der Waals surface area contributed by atoms with Gasteiger partial charge in [0.05, 0.1) is 23.3 Å². The number of halogens is 1. The van der Waals surface area contributed by atoms with Gasteiger partial charge in [-0.05, 0) is 136 Å². The molecule has 284 valence electrons. The van der Waals surface area contributed by atoms with Crippen molar-refractivity contribution < 1.29 is 19.3 Å². The topological polar surface area (TPSA) is 91.1 Å². The summed E-state index contributed by atoms with van der Waals surface area (Å²) in [5, 5.41) is 19.7. The lowest BCUT2D eigenvalue weighted by Gasteiger charge is -2.50.